The van der Waals surface area contributed by atoms with E-state index in [2.05, 4.69) is 36.4 Å². The van der Waals surface area contributed by atoms with Crippen molar-refractivity contribution in [1.29, 1.82) is 0 Å². The van der Waals surface area contributed by atoms with Crippen LogP contribution in [0.25, 0.3) is 10.9 Å². The van der Waals surface area contributed by atoms with Crippen LogP contribution in [0.3, 0.4) is 0 Å². The fourth-order valence-corrected chi connectivity index (χ4v) is 2.91. The van der Waals surface area contributed by atoms with E-state index >= 15 is 0 Å². The maximum atomic E-state index is 12.6. The van der Waals surface area contributed by atoms with Gasteiger partial charge < -0.3 is 10.6 Å². The molecular formula is C23H25N3O2. The Hall–Kier alpha value is -3.21. The van der Waals surface area contributed by atoms with Crippen LogP contribution in [0.5, 0.6) is 0 Å². The van der Waals surface area contributed by atoms with E-state index in [4.69, 9.17) is 0 Å². The molecule has 1 unspecified atom stereocenters. The zero-order valence-corrected chi connectivity index (χ0v) is 16.6. The third-order valence-corrected chi connectivity index (χ3v) is 4.64. The lowest BCUT2D eigenvalue weighted by Gasteiger charge is -2.19. The summed E-state index contributed by atoms with van der Waals surface area (Å²) in [4.78, 5) is 29.4. The van der Waals surface area contributed by atoms with Crippen molar-refractivity contribution in [2.75, 3.05) is 5.32 Å². The van der Waals surface area contributed by atoms with Gasteiger partial charge in [0, 0.05) is 17.1 Å². The third-order valence-electron chi connectivity index (χ3n) is 4.64. The molecule has 0 saturated heterocycles. The molecule has 144 valence electrons. The van der Waals surface area contributed by atoms with Crippen molar-refractivity contribution in [1.82, 2.24) is 10.3 Å². The summed E-state index contributed by atoms with van der Waals surface area (Å²) in [6.07, 6.45) is 1.68. The molecule has 0 fully saturated rings. The number of amides is 2. The van der Waals surface area contributed by atoms with Crippen molar-refractivity contribution in [3.05, 3.63) is 71.9 Å². The number of pyridine rings is 1. The lowest BCUT2D eigenvalue weighted by molar-refractivity contribution is -0.117. The molecular weight excluding hydrogens is 350 g/mol. The summed E-state index contributed by atoms with van der Waals surface area (Å²) >= 11 is 0. The second-order valence-electron chi connectivity index (χ2n) is 7.89. The molecule has 1 aromatic heterocycles. The summed E-state index contributed by atoms with van der Waals surface area (Å²) < 4.78 is 0. The highest BCUT2D eigenvalue weighted by Crippen LogP contribution is 2.22. The number of para-hydroxylation sites is 1. The fourth-order valence-electron chi connectivity index (χ4n) is 2.91. The van der Waals surface area contributed by atoms with Gasteiger partial charge in [0.1, 0.15) is 6.04 Å². The Balaban J connectivity index is 1.67. The Kier molecular flexibility index (Phi) is 5.45. The van der Waals surface area contributed by atoms with Crippen LogP contribution in [-0.2, 0) is 10.2 Å². The summed E-state index contributed by atoms with van der Waals surface area (Å²) in [5.41, 5.74) is 3.04. The van der Waals surface area contributed by atoms with Crippen LogP contribution in [0.1, 0.15) is 43.6 Å². The minimum Gasteiger partial charge on any atom is -0.341 e. The second kappa shape index (κ2) is 7.80. The molecule has 2 N–H and O–H groups in total. The number of hydrogen-bond donors (Lipinski definition) is 2. The molecule has 5 nitrogen and oxygen atoms in total. The summed E-state index contributed by atoms with van der Waals surface area (Å²) in [5, 5.41) is 6.55. The predicted octanol–water partition coefficient (Wildman–Crippen LogP) is 4.29. The zero-order valence-electron chi connectivity index (χ0n) is 16.6. The largest absolute Gasteiger partial charge is 0.341 e. The molecule has 3 rings (SSSR count). The normalized spacial score (nSPS) is 12.4. The molecule has 5 heteroatoms. The number of hydrogen-bond acceptors (Lipinski definition) is 3. The number of nitrogens with zero attached hydrogens (tertiary/aromatic N) is 1. The maximum absolute atomic E-state index is 12.6. The summed E-state index contributed by atoms with van der Waals surface area (Å²) in [6, 6.07) is 16.2. The van der Waals surface area contributed by atoms with Crippen LogP contribution in [0.15, 0.2) is 60.8 Å². The molecule has 0 saturated carbocycles. The summed E-state index contributed by atoms with van der Waals surface area (Å²) in [5.74, 6) is -0.572. The van der Waals surface area contributed by atoms with Gasteiger partial charge in [-0.1, -0.05) is 51.1 Å². The van der Waals surface area contributed by atoms with Crippen LogP contribution < -0.4 is 10.6 Å². The Labute approximate surface area is 165 Å². The number of rotatable bonds is 4. The smallest absolute Gasteiger partial charge is 0.251 e. The fraction of sp³-hybridized carbons (Fsp3) is 0.261. The molecule has 2 amide bonds. The number of aromatic nitrogens is 1. The number of fused-ring (bicyclic) bond motifs is 1. The van der Waals surface area contributed by atoms with Gasteiger partial charge in [0.05, 0.1) is 11.2 Å². The molecule has 0 radical (unpaired) electrons. The molecule has 3 aromatic rings. The molecule has 1 heterocycles. The number of nitrogens with one attached hydrogen (secondary N) is 2. The molecule has 0 aliphatic carbocycles. The highest BCUT2D eigenvalue weighted by atomic mass is 16.2. The van der Waals surface area contributed by atoms with Crippen LogP contribution in [0.2, 0.25) is 0 Å². The van der Waals surface area contributed by atoms with Crippen molar-refractivity contribution in [2.45, 2.75) is 39.2 Å². The van der Waals surface area contributed by atoms with Crippen LogP contribution in [0, 0.1) is 0 Å². The van der Waals surface area contributed by atoms with Gasteiger partial charge in [-0.25, -0.2) is 0 Å². The van der Waals surface area contributed by atoms with Gasteiger partial charge in [-0.05, 0) is 42.2 Å². The molecule has 28 heavy (non-hydrogen) atoms. The van der Waals surface area contributed by atoms with Gasteiger partial charge >= 0.3 is 0 Å². The Morgan fingerprint density at radius 1 is 0.964 bits per heavy atom. The van der Waals surface area contributed by atoms with E-state index in [0.717, 1.165) is 16.5 Å². The lowest BCUT2D eigenvalue weighted by atomic mass is 9.86. The second-order valence-corrected chi connectivity index (χ2v) is 7.89. The minimum absolute atomic E-state index is 0.0225. The molecule has 0 bridgehead atoms. The summed E-state index contributed by atoms with van der Waals surface area (Å²) in [7, 11) is 0. The van der Waals surface area contributed by atoms with Crippen molar-refractivity contribution in [2.24, 2.45) is 0 Å². The molecule has 2 aromatic carbocycles. The first-order valence-electron chi connectivity index (χ1n) is 9.32. The number of benzene rings is 2. The standard InChI is InChI=1S/C23H25N3O2/c1-15(25-22(28)17-10-12-18(13-11-17)23(2,3)4)21(27)26-19-9-5-7-16-8-6-14-24-20(16)19/h5-15H,1-4H3,(H,25,28)(H,26,27). The highest BCUT2D eigenvalue weighted by Gasteiger charge is 2.19. The quantitative estimate of drug-likeness (QED) is 0.715. The van der Waals surface area contributed by atoms with Gasteiger partial charge in [-0.3, -0.25) is 14.6 Å². The average Bonchev–Trinajstić information content (AvgIpc) is 2.67. The first-order chi connectivity index (χ1) is 13.3. The van der Waals surface area contributed by atoms with Crippen LogP contribution >= 0.6 is 0 Å². The molecule has 1 atom stereocenters. The first-order valence-corrected chi connectivity index (χ1v) is 9.32. The van der Waals surface area contributed by atoms with E-state index in [0.29, 0.717) is 11.3 Å². The number of anilines is 1. The van der Waals surface area contributed by atoms with E-state index in [1.165, 1.54) is 0 Å². The van der Waals surface area contributed by atoms with E-state index in [9.17, 15) is 9.59 Å². The SMILES string of the molecule is CC(NC(=O)c1ccc(C(C)(C)C)cc1)C(=O)Nc1cccc2cccnc12. The van der Waals surface area contributed by atoms with E-state index in [-0.39, 0.29) is 17.2 Å². The predicted molar refractivity (Wildman–Crippen MR) is 112 cm³/mol. The van der Waals surface area contributed by atoms with Gasteiger partial charge in [-0.15, -0.1) is 0 Å². The Morgan fingerprint density at radius 2 is 1.64 bits per heavy atom. The van der Waals surface area contributed by atoms with Crippen molar-refractivity contribution < 1.29 is 9.59 Å². The Morgan fingerprint density at radius 3 is 2.32 bits per heavy atom. The van der Waals surface area contributed by atoms with Crippen molar-refractivity contribution in [3.63, 3.8) is 0 Å². The van der Waals surface area contributed by atoms with Crippen LogP contribution in [-0.4, -0.2) is 22.8 Å². The topological polar surface area (TPSA) is 71.1 Å². The van der Waals surface area contributed by atoms with Gasteiger partial charge in [-0.2, -0.15) is 0 Å². The first kappa shape index (κ1) is 19.5. The van der Waals surface area contributed by atoms with Gasteiger partial charge in [0.25, 0.3) is 5.91 Å². The number of carbonyl (C=O) groups excluding carboxylic acids is 2. The van der Waals surface area contributed by atoms with Crippen molar-refractivity contribution >= 4 is 28.4 Å². The number of carbonyl (C=O) groups is 2. The average molecular weight is 375 g/mol. The zero-order chi connectivity index (χ0) is 20.3. The maximum Gasteiger partial charge on any atom is 0.251 e. The van der Waals surface area contributed by atoms with Gasteiger partial charge in [0.2, 0.25) is 5.91 Å². The summed E-state index contributed by atoms with van der Waals surface area (Å²) in [6.45, 7) is 8.03. The highest BCUT2D eigenvalue weighted by molar-refractivity contribution is 6.04. The van der Waals surface area contributed by atoms with Crippen molar-refractivity contribution in [3.8, 4) is 0 Å². The molecule has 0 aliphatic rings. The van der Waals surface area contributed by atoms with E-state index in [1.54, 1.807) is 31.3 Å². The van der Waals surface area contributed by atoms with E-state index < -0.39 is 6.04 Å². The monoisotopic (exact) mass is 375 g/mol. The molecule has 0 spiro atoms. The van der Waals surface area contributed by atoms with Crippen LogP contribution in [0.4, 0.5) is 5.69 Å². The molecule has 0 aliphatic heterocycles. The van der Waals surface area contributed by atoms with Gasteiger partial charge in [0.15, 0.2) is 0 Å². The Bertz CT molecular complexity index is 999. The minimum atomic E-state index is -0.686. The lowest BCUT2D eigenvalue weighted by Crippen LogP contribution is -2.41. The third kappa shape index (κ3) is 4.36. The van der Waals surface area contributed by atoms with E-state index in [1.807, 2.05) is 36.4 Å².